The summed E-state index contributed by atoms with van der Waals surface area (Å²) in [6.07, 6.45) is 0.684. The first-order valence-electron chi connectivity index (χ1n) is 14.7. The molecule has 3 aromatic carbocycles. The fourth-order valence-electron chi connectivity index (χ4n) is 5.10. The van der Waals surface area contributed by atoms with Crippen LogP contribution in [0.1, 0.15) is 50.3 Å². The van der Waals surface area contributed by atoms with Crippen LogP contribution in [0, 0.1) is 28.1 Å². The van der Waals surface area contributed by atoms with Crippen LogP contribution in [0.5, 0.6) is 0 Å². The number of amidine groups is 1. The van der Waals surface area contributed by atoms with Gasteiger partial charge in [0, 0.05) is 69.3 Å². The third-order valence-corrected chi connectivity index (χ3v) is 9.05. The summed E-state index contributed by atoms with van der Waals surface area (Å²) in [6, 6.07) is 27.7. The summed E-state index contributed by atoms with van der Waals surface area (Å²) in [4.78, 5) is 24.5. The Balaban J connectivity index is 1.98. The number of thioether (sulfide) groups is 1. The summed E-state index contributed by atoms with van der Waals surface area (Å²) in [5.74, 6) is -0.118. The van der Waals surface area contributed by atoms with Gasteiger partial charge in [0.1, 0.15) is 4.75 Å². The number of hydrogen-bond acceptors (Lipinski definition) is 8. The van der Waals surface area contributed by atoms with E-state index >= 15 is 0 Å². The minimum Gasteiger partial charge on any atom is -0.378 e. The average Bonchev–Trinajstić information content (AvgIpc) is 3.00. The molecular formula is C35H41N7OS. The highest BCUT2D eigenvalue weighted by Crippen LogP contribution is 2.55. The minimum absolute atomic E-state index is 0.118. The molecule has 0 unspecified atom stereocenters. The number of fused-ring (bicyclic) bond motifs is 1. The van der Waals surface area contributed by atoms with Crippen LogP contribution in [0.3, 0.4) is 0 Å². The lowest BCUT2D eigenvalue weighted by atomic mass is 9.82. The smallest absolute Gasteiger partial charge is 0.231 e. The number of nitrogens with zero attached hydrogens (tertiary/aromatic N) is 6. The van der Waals surface area contributed by atoms with Gasteiger partial charge < -0.3 is 20.0 Å². The lowest BCUT2D eigenvalue weighted by Crippen LogP contribution is -2.41. The molecule has 1 aliphatic rings. The van der Waals surface area contributed by atoms with Crippen molar-refractivity contribution in [1.82, 2.24) is 5.32 Å². The van der Waals surface area contributed by atoms with E-state index in [2.05, 4.69) is 92.8 Å². The highest BCUT2D eigenvalue weighted by Gasteiger charge is 2.44. The van der Waals surface area contributed by atoms with Crippen LogP contribution < -0.4 is 20.0 Å². The van der Waals surface area contributed by atoms with Crippen LogP contribution in [0.2, 0.25) is 0 Å². The average molecular weight is 608 g/mol. The molecule has 0 saturated carbocycles. The third-order valence-electron chi connectivity index (χ3n) is 7.67. The third kappa shape index (κ3) is 6.85. The Labute approximate surface area is 266 Å². The molecule has 0 atom stereocenters. The predicted octanol–water partition coefficient (Wildman–Crippen LogP) is 6.64. The molecule has 0 radical (unpaired) electrons. The highest BCUT2D eigenvalue weighted by atomic mass is 32.2. The number of rotatable bonds is 9. The highest BCUT2D eigenvalue weighted by molar-refractivity contribution is 8.15. The summed E-state index contributed by atoms with van der Waals surface area (Å²) in [5, 5.41) is 22.2. The maximum Gasteiger partial charge on any atom is 0.231 e. The first-order chi connectivity index (χ1) is 20.9. The fraction of sp³-hybridized carbons (Fsp3) is 0.371. The summed E-state index contributed by atoms with van der Waals surface area (Å²) in [5.41, 5.74) is 6.29. The maximum atomic E-state index is 13.3. The SMILES string of the molecule is CN(C)c1ccc(C2(c3ccc(N(C)C)cc3)SC(NC(=O)C(C)(C)C)=Nc3cc(N(CCC#N)CCC#N)ccc32)cc1. The van der Waals surface area contributed by atoms with E-state index in [0.717, 1.165) is 39.4 Å². The molecule has 1 N–H and O–H groups in total. The zero-order valence-corrected chi connectivity index (χ0v) is 27.5. The molecule has 44 heavy (non-hydrogen) atoms. The molecule has 9 heteroatoms. The molecular weight excluding hydrogens is 567 g/mol. The first-order valence-corrected chi connectivity index (χ1v) is 15.5. The number of carbonyl (C=O) groups excluding carboxylic acids is 1. The minimum atomic E-state index is -0.726. The molecule has 8 nitrogen and oxygen atoms in total. The Morgan fingerprint density at radius 1 is 0.818 bits per heavy atom. The molecule has 0 fully saturated rings. The largest absolute Gasteiger partial charge is 0.378 e. The molecule has 1 amide bonds. The molecule has 0 bridgehead atoms. The van der Waals surface area contributed by atoms with E-state index < -0.39 is 10.2 Å². The van der Waals surface area contributed by atoms with Crippen LogP contribution in [0.4, 0.5) is 22.7 Å². The van der Waals surface area contributed by atoms with Gasteiger partial charge in [0.25, 0.3) is 0 Å². The van der Waals surface area contributed by atoms with Gasteiger partial charge in [-0.25, -0.2) is 4.99 Å². The van der Waals surface area contributed by atoms with Gasteiger partial charge in [-0.15, -0.1) is 0 Å². The summed E-state index contributed by atoms with van der Waals surface area (Å²) in [6.45, 7) is 6.67. The summed E-state index contributed by atoms with van der Waals surface area (Å²) >= 11 is 1.53. The van der Waals surface area contributed by atoms with E-state index in [-0.39, 0.29) is 5.91 Å². The molecule has 4 rings (SSSR count). The van der Waals surface area contributed by atoms with Gasteiger partial charge in [-0.05, 0) is 47.5 Å². The van der Waals surface area contributed by atoms with Crippen LogP contribution in [0.15, 0.2) is 71.7 Å². The van der Waals surface area contributed by atoms with Crippen molar-refractivity contribution in [3.63, 3.8) is 0 Å². The number of nitrogens with one attached hydrogen (secondary N) is 1. The molecule has 0 saturated heterocycles. The number of nitriles is 2. The van der Waals surface area contributed by atoms with Crippen molar-refractivity contribution in [2.75, 3.05) is 56.0 Å². The quantitative estimate of drug-likeness (QED) is 0.291. The number of hydrogen-bond donors (Lipinski definition) is 1. The van der Waals surface area contributed by atoms with Crippen molar-refractivity contribution in [3.05, 3.63) is 83.4 Å². The van der Waals surface area contributed by atoms with Gasteiger partial charge in [-0.1, -0.05) is 62.9 Å². The lowest BCUT2D eigenvalue weighted by molar-refractivity contribution is -0.126. The monoisotopic (exact) mass is 607 g/mol. The van der Waals surface area contributed by atoms with Gasteiger partial charge in [-0.2, -0.15) is 10.5 Å². The van der Waals surface area contributed by atoms with E-state index in [9.17, 15) is 15.3 Å². The predicted molar refractivity (Wildman–Crippen MR) is 183 cm³/mol. The summed E-state index contributed by atoms with van der Waals surface area (Å²) in [7, 11) is 8.09. The second kappa shape index (κ2) is 13.4. The van der Waals surface area contributed by atoms with Crippen LogP contribution in [-0.2, 0) is 9.54 Å². The van der Waals surface area contributed by atoms with Crippen molar-refractivity contribution >= 4 is 45.6 Å². The van der Waals surface area contributed by atoms with Gasteiger partial charge in [-0.3, -0.25) is 4.79 Å². The van der Waals surface area contributed by atoms with Crippen LogP contribution in [0.25, 0.3) is 0 Å². The van der Waals surface area contributed by atoms with Gasteiger partial charge in [0.2, 0.25) is 5.91 Å². The standard InChI is InChI=1S/C35H41N7OS/c1-34(2,3)32(43)39-33-38-31-24-29(42(22-8-20-36)23-9-21-37)18-19-30(31)35(44-33,25-10-14-27(15-11-25)40(4)5)26-12-16-28(17-13-26)41(6)7/h10-19,24H,8-9,22-23H2,1-7H3,(H,38,39,43). The lowest BCUT2D eigenvalue weighted by Gasteiger charge is -2.39. The van der Waals surface area contributed by atoms with Crippen LogP contribution >= 0.6 is 11.8 Å². The second-order valence-electron chi connectivity index (χ2n) is 12.3. The molecule has 0 aliphatic carbocycles. The molecule has 0 aromatic heterocycles. The fourth-order valence-corrected chi connectivity index (χ4v) is 6.47. The summed E-state index contributed by atoms with van der Waals surface area (Å²) < 4.78 is -0.726. The van der Waals surface area contributed by atoms with Crippen molar-refractivity contribution in [1.29, 1.82) is 10.5 Å². The number of carbonyl (C=O) groups is 1. The topological polar surface area (TPSA) is 98.8 Å². The van der Waals surface area contributed by atoms with E-state index in [4.69, 9.17) is 4.99 Å². The van der Waals surface area contributed by atoms with E-state index in [1.54, 1.807) is 0 Å². The van der Waals surface area contributed by atoms with Crippen molar-refractivity contribution in [2.24, 2.45) is 10.4 Å². The Morgan fingerprint density at radius 2 is 1.30 bits per heavy atom. The number of aliphatic imine (C=N–C) groups is 1. The number of anilines is 3. The zero-order valence-electron chi connectivity index (χ0n) is 26.7. The van der Waals surface area contributed by atoms with Crippen LogP contribution in [-0.4, -0.2) is 52.4 Å². The molecule has 1 heterocycles. The zero-order chi connectivity index (χ0) is 32.1. The van der Waals surface area contributed by atoms with Crippen molar-refractivity contribution in [2.45, 2.75) is 38.4 Å². The number of amides is 1. The maximum absolute atomic E-state index is 13.3. The molecule has 0 spiro atoms. The van der Waals surface area contributed by atoms with Crippen molar-refractivity contribution < 1.29 is 4.79 Å². The normalized spacial score (nSPS) is 13.5. The second-order valence-corrected chi connectivity index (χ2v) is 13.5. The Hall–Kier alpha value is -4.47. The Kier molecular flexibility index (Phi) is 9.91. The molecule has 1 aliphatic heterocycles. The van der Waals surface area contributed by atoms with Crippen molar-refractivity contribution in [3.8, 4) is 12.1 Å². The number of benzene rings is 3. The Bertz CT molecular complexity index is 1520. The van der Waals surface area contributed by atoms with E-state index in [1.165, 1.54) is 11.8 Å². The van der Waals surface area contributed by atoms with E-state index in [1.807, 2.05) is 55.0 Å². The Morgan fingerprint density at radius 3 is 1.73 bits per heavy atom. The van der Waals surface area contributed by atoms with Gasteiger partial charge >= 0.3 is 0 Å². The van der Waals surface area contributed by atoms with E-state index in [0.29, 0.717) is 31.1 Å². The first kappa shape index (κ1) is 32.4. The van der Waals surface area contributed by atoms with Gasteiger partial charge in [0.05, 0.1) is 30.7 Å². The molecule has 3 aromatic rings. The molecule has 228 valence electrons. The van der Waals surface area contributed by atoms with Gasteiger partial charge in [0.15, 0.2) is 5.17 Å².